The third-order valence-corrected chi connectivity index (χ3v) is 2.88. The molecule has 0 saturated heterocycles. The topological polar surface area (TPSA) is 80.7 Å². The molecule has 0 heterocycles. The molecule has 0 unspecified atom stereocenters. The van der Waals surface area contributed by atoms with Crippen molar-refractivity contribution in [2.45, 2.75) is 37.3 Å². The Labute approximate surface area is 157 Å². The van der Waals surface area contributed by atoms with Gasteiger partial charge in [0.25, 0.3) is 10.1 Å². The molecule has 25 heavy (non-hydrogen) atoms. The second-order valence-electron chi connectivity index (χ2n) is 3.90. The van der Waals surface area contributed by atoms with Crippen LogP contribution in [0.4, 0.5) is 39.5 Å². The summed E-state index contributed by atoms with van der Waals surface area (Å²) in [6, 6.07) is 0. The third kappa shape index (κ3) is 8.79. The van der Waals surface area contributed by atoms with Crippen molar-refractivity contribution in [2.75, 3.05) is 12.4 Å². The minimum Gasteiger partial charge on any atom is -0.653 e. The summed E-state index contributed by atoms with van der Waals surface area (Å²) in [6.07, 6.45) is -9.06. The van der Waals surface area contributed by atoms with E-state index in [2.05, 4.69) is 4.74 Å². The molecule has 0 spiro atoms. The van der Waals surface area contributed by atoms with Gasteiger partial charge in [0.05, 0.1) is 12.4 Å². The molecular weight excluding hydrogens is 414 g/mol. The number of ether oxygens (including phenoxy) is 1. The van der Waals surface area contributed by atoms with E-state index in [4.69, 9.17) is 4.55 Å². The maximum absolute atomic E-state index is 12.6. The SMILES string of the molecule is CCS(=O)(=O)O.O=[C-]OCCC(F)(F)C(F)(F)C(F)(F)C(F)(F)F.[Na+]. The van der Waals surface area contributed by atoms with Gasteiger partial charge in [0.1, 0.15) is 0 Å². The smallest absolute Gasteiger partial charge is 0.653 e. The van der Waals surface area contributed by atoms with Crippen molar-refractivity contribution in [1.82, 2.24) is 0 Å². The van der Waals surface area contributed by atoms with E-state index in [-0.39, 0.29) is 35.3 Å². The van der Waals surface area contributed by atoms with Crippen LogP contribution in [0.15, 0.2) is 0 Å². The van der Waals surface area contributed by atoms with Crippen LogP contribution in [0.5, 0.6) is 0 Å². The van der Waals surface area contributed by atoms with Gasteiger partial charge in [0.15, 0.2) is 0 Å². The Kier molecular flexibility index (Phi) is 12.0. The fourth-order valence-electron chi connectivity index (χ4n) is 0.786. The van der Waals surface area contributed by atoms with Gasteiger partial charge in [-0.1, -0.05) is 6.47 Å². The fourth-order valence-corrected chi connectivity index (χ4v) is 0.786. The van der Waals surface area contributed by atoms with Gasteiger partial charge in [0, 0.05) is 6.42 Å². The van der Waals surface area contributed by atoms with E-state index in [9.17, 15) is 52.7 Å². The van der Waals surface area contributed by atoms with E-state index in [0.717, 1.165) is 0 Å². The Balaban J connectivity index is -0.000000592. The largest absolute Gasteiger partial charge is 1.00 e. The summed E-state index contributed by atoms with van der Waals surface area (Å²) >= 11 is 0. The molecule has 0 aromatic rings. The van der Waals surface area contributed by atoms with Gasteiger partial charge in [-0.25, -0.2) is 0 Å². The van der Waals surface area contributed by atoms with Gasteiger partial charge in [0.2, 0.25) is 0 Å². The van der Waals surface area contributed by atoms with Crippen LogP contribution in [-0.4, -0.2) is 55.7 Å². The number of hydrogen-bond donors (Lipinski definition) is 1. The number of rotatable bonds is 7. The van der Waals surface area contributed by atoms with Gasteiger partial charge in [-0.05, 0) is 6.92 Å². The van der Waals surface area contributed by atoms with Crippen molar-refractivity contribution < 1.29 is 91.6 Å². The van der Waals surface area contributed by atoms with E-state index in [1.807, 2.05) is 0 Å². The summed E-state index contributed by atoms with van der Waals surface area (Å²) < 4.78 is 140. The first-order valence-corrected chi connectivity index (χ1v) is 7.12. The molecule has 0 aliphatic rings. The first kappa shape index (κ1) is 29.5. The van der Waals surface area contributed by atoms with Crippen LogP contribution in [-0.2, 0) is 19.6 Å². The van der Waals surface area contributed by atoms with Gasteiger partial charge < -0.3 is 9.53 Å². The van der Waals surface area contributed by atoms with Crippen LogP contribution >= 0.6 is 0 Å². The van der Waals surface area contributed by atoms with Crippen molar-refractivity contribution in [1.29, 1.82) is 0 Å². The fraction of sp³-hybridized carbons (Fsp3) is 0.889. The summed E-state index contributed by atoms with van der Waals surface area (Å²) in [5.41, 5.74) is 0. The van der Waals surface area contributed by atoms with Crippen LogP contribution in [0.1, 0.15) is 13.3 Å². The molecule has 0 bridgehead atoms. The Bertz CT molecular complexity index is 506. The van der Waals surface area contributed by atoms with Crippen LogP contribution in [0.25, 0.3) is 0 Å². The average molecular weight is 424 g/mol. The van der Waals surface area contributed by atoms with Crippen LogP contribution < -0.4 is 29.6 Å². The monoisotopic (exact) mass is 424 g/mol. The maximum Gasteiger partial charge on any atom is 1.00 e. The van der Waals surface area contributed by atoms with E-state index in [0.29, 0.717) is 6.47 Å². The number of halogens is 9. The number of carbonyl (C=O) groups excluding carboxylic acids is 1. The molecule has 1 N–H and O–H groups in total. The minimum atomic E-state index is -6.92. The molecule has 0 rings (SSSR count). The van der Waals surface area contributed by atoms with E-state index in [1.54, 1.807) is 0 Å². The predicted octanol–water partition coefficient (Wildman–Crippen LogP) is -0.173. The standard InChI is InChI=1S/C7H4F9O2.C2H6O3S.Na/c8-4(9,1-2-18-3-17)5(10,11)6(12,13)7(14,15)16;1-2-6(3,4)5;/h1-2H2;2H2,1H3,(H,3,4,5);/q-1;;+1. The molecular formula is C9H10F9NaO5S. The quantitative estimate of drug-likeness (QED) is 0.202. The molecule has 16 heteroatoms. The molecule has 0 aliphatic carbocycles. The van der Waals surface area contributed by atoms with Crippen molar-refractivity contribution >= 4 is 16.6 Å². The second-order valence-corrected chi connectivity index (χ2v) is 5.64. The number of hydrogen-bond acceptors (Lipinski definition) is 4. The van der Waals surface area contributed by atoms with Crippen LogP contribution in [0.3, 0.4) is 0 Å². The number of alkyl halides is 9. The molecule has 0 aliphatic heterocycles. The van der Waals surface area contributed by atoms with Crippen molar-refractivity contribution in [3.8, 4) is 0 Å². The second kappa shape index (κ2) is 10.2. The van der Waals surface area contributed by atoms with Gasteiger partial charge in [-0.15, -0.1) is 0 Å². The molecule has 146 valence electrons. The van der Waals surface area contributed by atoms with E-state index < -0.39 is 47.1 Å². The van der Waals surface area contributed by atoms with Crippen molar-refractivity contribution in [2.24, 2.45) is 0 Å². The average Bonchev–Trinajstić information content (AvgIpc) is 2.37. The Hall–Kier alpha value is -0.250. The Morgan fingerprint density at radius 3 is 1.56 bits per heavy atom. The third-order valence-electron chi connectivity index (χ3n) is 2.15. The minimum absolute atomic E-state index is 0. The molecule has 0 fully saturated rings. The zero-order valence-electron chi connectivity index (χ0n) is 12.5. The summed E-state index contributed by atoms with van der Waals surface area (Å²) in [5, 5.41) is 0. The van der Waals surface area contributed by atoms with E-state index >= 15 is 0 Å². The first-order chi connectivity index (χ1) is 10.4. The molecule has 5 nitrogen and oxygen atoms in total. The summed E-state index contributed by atoms with van der Waals surface area (Å²) in [5.74, 6) is -19.5. The maximum atomic E-state index is 12.6. The molecule has 0 amide bonds. The van der Waals surface area contributed by atoms with Crippen molar-refractivity contribution in [3.63, 3.8) is 0 Å². The van der Waals surface area contributed by atoms with Gasteiger partial charge in [-0.3, -0.25) is 4.55 Å². The normalized spacial score (nSPS) is 13.2. The molecule has 0 atom stereocenters. The summed E-state index contributed by atoms with van der Waals surface area (Å²) in [4.78, 5) is 9.39. The Morgan fingerprint density at radius 2 is 1.32 bits per heavy atom. The molecule has 0 aromatic carbocycles. The first-order valence-electron chi connectivity index (χ1n) is 5.51. The zero-order chi connectivity index (χ0) is 20.0. The van der Waals surface area contributed by atoms with Crippen molar-refractivity contribution in [3.05, 3.63) is 0 Å². The van der Waals surface area contributed by atoms with Crippen LogP contribution in [0, 0.1) is 0 Å². The molecule has 0 aromatic heterocycles. The zero-order valence-corrected chi connectivity index (χ0v) is 15.3. The molecule has 0 radical (unpaired) electrons. The van der Waals surface area contributed by atoms with Gasteiger partial charge >= 0.3 is 53.5 Å². The van der Waals surface area contributed by atoms with Gasteiger partial charge in [-0.2, -0.15) is 47.9 Å². The molecule has 0 saturated carbocycles. The summed E-state index contributed by atoms with van der Waals surface area (Å²) in [6.45, 7) is 0.407. The van der Waals surface area contributed by atoms with E-state index in [1.165, 1.54) is 6.92 Å². The Morgan fingerprint density at radius 1 is 0.960 bits per heavy atom. The summed E-state index contributed by atoms with van der Waals surface area (Å²) in [7, 11) is -3.66. The van der Waals surface area contributed by atoms with Crippen LogP contribution in [0.2, 0.25) is 0 Å². The predicted molar refractivity (Wildman–Crippen MR) is 59.2 cm³/mol.